The Balaban J connectivity index is 1.45. The molecule has 1 saturated heterocycles. The molecule has 0 unspecified atom stereocenters. The number of benzene rings is 1. The lowest BCUT2D eigenvalue weighted by molar-refractivity contribution is -0.161. The molecule has 1 amide bonds. The molecule has 2 atom stereocenters. The van der Waals surface area contributed by atoms with Crippen molar-refractivity contribution in [3.05, 3.63) is 71.7 Å². The molecule has 34 heavy (non-hydrogen) atoms. The van der Waals surface area contributed by atoms with Gasteiger partial charge in [0.05, 0.1) is 12.6 Å². The summed E-state index contributed by atoms with van der Waals surface area (Å²) < 4.78 is 6.53. The van der Waals surface area contributed by atoms with Gasteiger partial charge in [0.2, 0.25) is 5.91 Å². The van der Waals surface area contributed by atoms with E-state index in [4.69, 9.17) is 9.73 Å². The monoisotopic (exact) mass is 458 g/mol. The summed E-state index contributed by atoms with van der Waals surface area (Å²) in [5, 5.41) is 0. The molecule has 2 aliphatic heterocycles. The SMILES string of the molecule is Cc1ccc(C2=CN=C([C@@H]3COC4(CCCCC4)N3C(=O)[C@@H](c3ccccc3)N(C)C)C2)cn1. The summed E-state index contributed by atoms with van der Waals surface area (Å²) in [5.41, 5.74) is 4.72. The zero-order valence-electron chi connectivity index (χ0n) is 20.4. The van der Waals surface area contributed by atoms with Crippen molar-refractivity contribution in [2.75, 3.05) is 20.7 Å². The maximum absolute atomic E-state index is 14.3. The van der Waals surface area contributed by atoms with Crippen molar-refractivity contribution in [3.63, 3.8) is 0 Å². The smallest absolute Gasteiger partial charge is 0.247 e. The number of nitrogens with zero attached hydrogens (tertiary/aromatic N) is 4. The van der Waals surface area contributed by atoms with Gasteiger partial charge in [-0.1, -0.05) is 42.8 Å². The molecule has 0 bridgehead atoms. The van der Waals surface area contributed by atoms with Crippen molar-refractivity contribution in [1.82, 2.24) is 14.8 Å². The van der Waals surface area contributed by atoms with Crippen molar-refractivity contribution in [3.8, 4) is 0 Å². The van der Waals surface area contributed by atoms with Crippen LogP contribution in [0.3, 0.4) is 0 Å². The molecule has 1 aliphatic carbocycles. The van der Waals surface area contributed by atoms with Crippen molar-refractivity contribution in [1.29, 1.82) is 0 Å². The van der Waals surface area contributed by atoms with Crippen LogP contribution in [-0.2, 0) is 9.53 Å². The number of carbonyl (C=O) groups excluding carboxylic acids is 1. The van der Waals surface area contributed by atoms with Gasteiger partial charge in [-0.25, -0.2) is 0 Å². The Morgan fingerprint density at radius 1 is 1.12 bits per heavy atom. The topological polar surface area (TPSA) is 58.0 Å². The van der Waals surface area contributed by atoms with Crippen LogP contribution in [0.1, 0.15) is 61.4 Å². The number of pyridine rings is 1. The number of carbonyl (C=O) groups is 1. The number of aliphatic imine (C=N–C) groups is 1. The lowest BCUT2D eigenvalue weighted by Crippen LogP contribution is -2.57. The van der Waals surface area contributed by atoms with Crippen molar-refractivity contribution >= 4 is 17.2 Å². The van der Waals surface area contributed by atoms with E-state index in [-0.39, 0.29) is 18.0 Å². The Morgan fingerprint density at radius 3 is 2.56 bits per heavy atom. The van der Waals surface area contributed by atoms with E-state index in [1.54, 1.807) is 0 Å². The first-order valence-corrected chi connectivity index (χ1v) is 12.4. The Bertz CT molecular complexity index is 1090. The number of ether oxygens (including phenoxy) is 1. The molecule has 178 valence electrons. The molecule has 2 fully saturated rings. The molecule has 0 radical (unpaired) electrons. The fourth-order valence-electron chi connectivity index (χ4n) is 5.67. The predicted molar refractivity (Wildman–Crippen MR) is 134 cm³/mol. The van der Waals surface area contributed by atoms with E-state index >= 15 is 0 Å². The van der Waals surface area contributed by atoms with Gasteiger partial charge in [0, 0.05) is 30.2 Å². The molecule has 2 aromatic rings. The van der Waals surface area contributed by atoms with Gasteiger partial charge in [-0.3, -0.25) is 19.7 Å². The first-order valence-electron chi connectivity index (χ1n) is 12.4. The highest BCUT2D eigenvalue weighted by Crippen LogP contribution is 2.44. The number of allylic oxidation sites excluding steroid dienone is 1. The van der Waals surface area contributed by atoms with Gasteiger partial charge in [-0.2, -0.15) is 0 Å². The molecule has 3 aliphatic rings. The fraction of sp³-hybridized carbons (Fsp3) is 0.464. The van der Waals surface area contributed by atoms with Gasteiger partial charge in [0.25, 0.3) is 0 Å². The Morgan fingerprint density at radius 2 is 1.88 bits per heavy atom. The quantitative estimate of drug-likeness (QED) is 0.648. The summed E-state index contributed by atoms with van der Waals surface area (Å²) in [7, 11) is 3.96. The summed E-state index contributed by atoms with van der Waals surface area (Å²) in [5.74, 6) is 0.105. The van der Waals surface area contributed by atoms with E-state index in [9.17, 15) is 4.79 Å². The van der Waals surface area contributed by atoms with E-state index in [2.05, 4.69) is 16.0 Å². The molecule has 6 heteroatoms. The summed E-state index contributed by atoms with van der Waals surface area (Å²) in [4.78, 5) is 27.7. The molecular weight excluding hydrogens is 424 g/mol. The summed E-state index contributed by atoms with van der Waals surface area (Å²) in [6.45, 7) is 2.50. The van der Waals surface area contributed by atoms with Crippen LogP contribution in [0.15, 0.2) is 59.9 Å². The van der Waals surface area contributed by atoms with Gasteiger partial charge in [0.15, 0.2) is 0 Å². The van der Waals surface area contributed by atoms with E-state index in [1.807, 2.05) is 74.7 Å². The minimum absolute atomic E-state index is 0.105. The van der Waals surface area contributed by atoms with Crippen molar-refractivity contribution < 1.29 is 9.53 Å². The first-order chi connectivity index (χ1) is 16.5. The van der Waals surface area contributed by atoms with E-state index in [0.717, 1.165) is 60.2 Å². The van der Waals surface area contributed by atoms with Gasteiger partial charge in [-0.05, 0) is 69.5 Å². The summed E-state index contributed by atoms with van der Waals surface area (Å²) in [6, 6.07) is 13.7. The summed E-state index contributed by atoms with van der Waals surface area (Å²) >= 11 is 0. The highest BCUT2D eigenvalue weighted by Gasteiger charge is 2.53. The lowest BCUT2D eigenvalue weighted by Gasteiger charge is -2.44. The number of aromatic nitrogens is 1. The normalized spacial score (nSPS) is 22.7. The lowest BCUT2D eigenvalue weighted by atomic mass is 9.88. The molecule has 3 heterocycles. The number of hydrogen-bond acceptors (Lipinski definition) is 5. The number of likely N-dealkylation sites (N-methyl/N-ethyl adjacent to an activating group) is 1. The first kappa shape index (κ1) is 22.9. The average molecular weight is 459 g/mol. The van der Waals surface area contributed by atoms with Crippen LogP contribution in [0.25, 0.3) is 5.57 Å². The van der Waals surface area contributed by atoms with Gasteiger partial charge >= 0.3 is 0 Å². The minimum Gasteiger partial charge on any atom is -0.353 e. The van der Waals surface area contributed by atoms with E-state index in [0.29, 0.717) is 6.61 Å². The maximum Gasteiger partial charge on any atom is 0.247 e. The van der Waals surface area contributed by atoms with Gasteiger partial charge in [-0.15, -0.1) is 0 Å². The van der Waals surface area contributed by atoms with Gasteiger partial charge < -0.3 is 9.64 Å². The summed E-state index contributed by atoms with van der Waals surface area (Å²) in [6.07, 6.45) is 9.71. The second kappa shape index (κ2) is 9.43. The number of aryl methyl sites for hydroxylation is 1. The number of rotatable bonds is 5. The van der Waals surface area contributed by atoms with Crippen molar-refractivity contribution in [2.24, 2.45) is 4.99 Å². The maximum atomic E-state index is 14.3. The zero-order valence-corrected chi connectivity index (χ0v) is 20.4. The van der Waals surface area contributed by atoms with Crippen LogP contribution in [0.4, 0.5) is 0 Å². The molecule has 1 aromatic carbocycles. The fourth-order valence-corrected chi connectivity index (χ4v) is 5.67. The predicted octanol–water partition coefficient (Wildman–Crippen LogP) is 4.77. The molecule has 1 saturated carbocycles. The second-order valence-electron chi connectivity index (χ2n) is 9.96. The highest BCUT2D eigenvalue weighted by atomic mass is 16.5. The number of hydrogen-bond donors (Lipinski definition) is 0. The van der Waals surface area contributed by atoms with Crippen LogP contribution in [0.2, 0.25) is 0 Å². The molecular formula is C28H34N4O2. The molecule has 0 N–H and O–H groups in total. The second-order valence-corrected chi connectivity index (χ2v) is 9.96. The van der Waals surface area contributed by atoms with Crippen molar-refractivity contribution in [2.45, 2.75) is 63.3 Å². The van der Waals surface area contributed by atoms with E-state index in [1.165, 1.54) is 6.42 Å². The minimum atomic E-state index is -0.528. The van der Waals surface area contributed by atoms with Crippen LogP contribution < -0.4 is 0 Å². The highest BCUT2D eigenvalue weighted by molar-refractivity contribution is 6.03. The van der Waals surface area contributed by atoms with Crippen LogP contribution >= 0.6 is 0 Å². The molecule has 5 rings (SSSR count). The van der Waals surface area contributed by atoms with E-state index < -0.39 is 5.72 Å². The molecule has 1 spiro atoms. The largest absolute Gasteiger partial charge is 0.353 e. The molecule has 1 aromatic heterocycles. The van der Waals surface area contributed by atoms with Crippen LogP contribution in [-0.4, -0.2) is 58.9 Å². The van der Waals surface area contributed by atoms with Crippen LogP contribution in [0.5, 0.6) is 0 Å². The Kier molecular flexibility index (Phi) is 6.36. The third-order valence-electron chi connectivity index (χ3n) is 7.42. The zero-order chi connectivity index (χ0) is 23.7. The average Bonchev–Trinajstić information content (AvgIpc) is 3.46. The Hall–Kier alpha value is -2.83. The standard InChI is InChI=1S/C28H34N4O2/c1-20-12-13-22(17-29-20)23-16-24(30-18-23)25-19-34-28(14-8-5-9-15-28)32(25)27(33)26(31(2)3)21-10-6-4-7-11-21/h4,6-7,10-13,17-18,25-26H,5,8-9,14-16,19H2,1-3H3/t25-,26+/m0/s1. The van der Waals surface area contributed by atoms with Crippen LogP contribution in [0, 0.1) is 6.92 Å². The Labute approximate surface area is 202 Å². The molecule has 6 nitrogen and oxygen atoms in total. The number of amides is 1. The third kappa shape index (κ3) is 4.21. The van der Waals surface area contributed by atoms with Gasteiger partial charge in [0.1, 0.15) is 11.8 Å². The third-order valence-corrected chi connectivity index (χ3v) is 7.42.